The third-order valence-electron chi connectivity index (χ3n) is 3.80. The molecule has 1 aliphatic rings. The number of fused-ring (bicyclic) bond motifs is 1. The third kappa shape index (κ3) is 4.05. The van der Waals surface area contributed by atoms with Crippen molar-refractivity contribution in [1.82, 2.24) is 5.32 Å². The second kappa shape index (κ2) is 7.04. The minimum Gasteiger partial charge on any atom is -0.454 e. The number of amides is 1. The van der Waals surface area contributed by atoms with Gasteiger partial charge >= 0.3 is 0 Å². The zero-order valence-electron chi connectivity index (χ0n) is 12.8. The molecule has 0 spiro atoms. The van der Waals surface area contributed by atoms with E-state index in [1.807, 2.05) is 49.4 Å². The van der Waals surface area contributed by atoms with Crippen LogP contribution in [-0.4, -0.2) is 12.7 Å². The van der Waals surface area contributed by atoms with E-state index in [-0.39, 0.29) is 18.7 Å². The Morgan fingerprint density at radius 1 is 1.22 bits per heavy atom. The lowest BCUT2D eigenvalue weighted by atomic mass is 10.1. The van der Waals surface area contributed by atoms with Crippen LogP contribution in [0.4, 0.5) is 0 Å². The Kier molecular flexibility index (Phi) is 4.86. The summed E-state index contributed by atoms with van der Waals surface area (Å²) < 4.78 is 11.7. The number of nitrogens with one attached hydrogen (secondary N) is 1. The molecule has 0 bridgehead atoms. The minimum absolute atomic E-state index is 0.0372. The predicted octanol–water partition coefficient (Wildman–Crippen LogP) is 3.99. The average Bonchev–Trinajstić information content (AvgIpc) is 3.00. The molecular weight excluding hydrogens is 358 g/mol. The lowest BCUT2D eigenvalue weighted by Gasteiger charge is -2.15. The zero-order valence-corrected chi connectivity index (χ0v) is 14.4. The molecule has 1 N–H and O–H groups in total. The van der Waals surface area contributed by atoms with Gasteiger partial charge in [0, 0.05) is 10.9 Å². The minimum atomic E-state index is -0.0699. The highest BCUT2D eigenvalue weighted by Gasteiger charge is 2.16. The molecule has 3 rings (SSSR count). The van der Waals surface area contributed by atoms with Gasteiger partial charge in [0.25, 0.3) is 0 Å². The second-order valence-corrected chi connectivity index (χ2v) is 6.45. The van der Waals surface area contributed by atoms with E-state index in [1.165, 1.54) is 0 Å². The van der Waals surface area contributed by atoms with Gasteiger partial charge in [-0.1, -0.05) is 34.1 Å². The van der Waals surface area contributed by atoms with E-state index in [0.29, 0.717) is 6.42 Å². The first kappa shape index (κ1) is 15.9. The van der Waals surface area contributed by atoms with Crippen molar-refractivity contribution in [3.8, 4) is 11.5 Å². The molecule has 23 heavy (non-hydrogen) atoms. The van der Waals surface area contributed by atoms with Crippen LogP contribution in [0.3, 0.4) is 0 Å². The Balaban J connectivity index is 1.55. The van der Waals surface area contributed by atoms with Gasteiger partial charge in [-0.3, -0.25) is 4.79 Å². The van der Waals surface area contributed by atoms with Crippen LogP contribution in [0.15, 0.2) is 46.9 Å². The van der Waals surface area contributed by atoms with E-state index < -0.39 is 0 Å². The van der Waals surface area contributed by atoms with Gasteiger partial charge in [0.05, 0.1) is 6.04 Å². The summed E-state index contributed by atoms with van der Waals surface area (Å²) in [6.45, 7) is 2.22. The summed E-state index contributed by atoms with van der Waals surface area (Å²) in [6, 6.07) is 13.7. The van der Waals surface area contributed by atoms with Crippen molar-refractivity contribution in [3.05, 3.63) is 58.1 Å². The molecule has 1 unspecified atom stereocenters. The Morgan fingerprint density at radius 3 is 2.87 bits per heavy atom. The summed E-state index contributed by atoms with van der Waals surface area (Å²) in [5, 5.41) is 3.03. The Hall–Kier alpha value is -2.01. The van der Waals surface area contributed by atoms with Crippen LogP contribution in [0.5, 0.6) is 11.5 Å². The zero-order chi connectivity index (χ0) is 16.2. The third-order valence-corrected chi connectivity index (χ3v) is 4.30. The number of carbonyl (C=O) groups excluding carboxylic acids is 1. The highest BCUT2D eigenvalue weighted by molar-refractivity contribution is 9.10. The van der Waals surface area contributed by atoms with Crippen molar-refractivity contribution in [2.45, 2.75) is 25.8 Å². The average molecular weight is 376 g/mol. The maximum Gasteiger partial charge on any atom is 0.231 e. The fourth-order valence-electron chi connectivity index (χ4n) is 2.53. The number of ether oxygens (including phenoxy) is 2. The van der Waals surface area contributed by atoms with E-state index >= 15 is 0 Å². The van der Waals surface area contributed by atoms with Crippen molar-refractivity contribution in [2.24, 2.45) is 0 Å². The number of aryl methyl sites for hydroxylation is 1. The van der Waals surface area contributed by atoms with E-state index in [0.717, 1.165) is 33.5 Å². The molecule has 0 saturated carbocycles. The molecule has 0 aromatic heterocycles. The van der Waals surface area contributed by atoms with Crippen LogP contribution in [0.2, 0.25) is 0 Å². The molecule has 2 aromatic carbocycles. The van der Waals surface area contributed by atoms with Gasteiger partial charge in [0.2, 0.25) is 12.7 Å². The first-order valence-corrected chi connectivity index (χ1v) is 8.34. The summed E-state index contributed by atoms with van der Waals surface area (Å²) in [5.41, 5.74) is 2.15. The van der Waals surface area contributed by atoms with Crippen molar-refractivity contribution in [1.29, 1.82) is 0 Å². The summed E-state index contributed by atoms with van der Waals surface area (Å²) in [4.78, 5) is 12.1. The fraction of sp³-hybridized carbons (Fsp3) is 0.278. The molecule has 1 amide bonds. The normalized spacial score (nSPS) is 13.7. The molecule has 0 radical (unpaired) electrons. The monoisotopic (exact) mass is 375 g/mol. The Morgan fingerprint density at radius 2 is 2.04 bits per heavy atom. The van der Waals surface area contributed by atoms with Crippen molar-refractivity contribution >= 4 is 21.8 Å². The van der Waals surface area contributed by atoms with E-state index in [1.54, 1.807) is 0 Å². The lowest BCUT2D eigenvalue weighted by molar-refractivity contribution is -0.121. The quantitative estimate of drug-likeness (QED) is 0.859. The maximum absolute atomic E-state index is 12.1. The fourth-order valence-corrected chi connectivity index (χ4v) is 2.98. The molecular formula is C18H18BrNO3. The number of rotatable bonds is 5. The molecule has 120 valence electrons. The van der Waals surface area contributed by atoms with Crippen LogP contribution < -0.4 is 14.8 Å². The summed E-state index contributed by atoms with van der Waals surface area (Å²) in [5.74, 6) is 1.52. The second-order valence-electron chi connectivity index (χ2n) is 5.53. The van der Waals surface area contributed by atoms with Gasteiger partial charge in [0.1, 0.15) is 0 Å². The largest absolute Gasteiger partial charge is 0.454 e. The smallest absolute Gasteiger partial charge is 0.231 e. The first-order valence-electron chi connectivity index (χ1n) is 7.55. The molecule has 1 aliphatic heterocycles. The number of hydrogen-bond donors (Lipinski definition) is 1. The Bertz CT molecular complexity index is 717. The van der Waals surface area contributed by atoms with E-state index in [9.17, 15) is 4.79 Å². The van der Waals surface area contributed by atoms with Crippen LogP contribution in [0.1, 0.15) is 30.5 Å². The van der Waals surface area contributed by atoms with Crippen LogP contribution in [0.25, 0.3) is 0 Å². The summed E-state index contributed by atoms with van der Waals surface area (Å²) >= 11 is 3.44. The molecule has 5 heteroatoms. The Labute approximate surface area is 143 Å². The van der Waals surface area contributed by atoms with E-state index in [4.69, 9.17) is 9.47 Å². The molecule has 1 atom stereocenters. The highest BCUT2D eigenvalue weighted by Crippen LogP contribution is 2.34. The van der Waals surface area contributed by atoms with E-state index in [2.05, 4.69) is 21.2 Å². The van der Waals surface area contributed by atoms with Crippen molar-refractivity contribution in [2.75, 3.05) is 6.79 Å². The standard InChI is InChI=1S/C18H18BrNO3/c1-12(14-6-7-16-17(10-14)23-11-22-16)20-18(21)8-5-13-3-2-4-15(19)9-13/h2-4,6-7,9-10,12H,5,8,11H2,1H3,(H,20,21). The summed E-state index contributed by atoms with van der Waals surface area (Å²) in [6.07, 6.45) is 1.18. The van der Waals surface area contributed by atoms with Crippen molar-refractivity contribution in [3.63, 3.8) is 0 Å². The summed E-state index contributed by atoms with van der Waals surface area (Å²) in [7, 11) is 0. The van der Waals surface area contributed by atoms with Gasteiger partial charge in [0.15, 0.2) is 11.5 Å². The first-order chi connectivity index (χ1) is 11.1. The number of carbonyl (C=O) groups is 1. The highest BCUT2D eigenvalue weighted by atomic mass is 79.9. The van der Waals surface area contributed by atoms with Crippen LogP contribution >= 0.6 is 15.9 Å². The van der Waals surface area contributed by atoms with Gasteiger partial charge in [-0.25, -0.2) is 0 Å². The molecule has 1 heterocycles. The SMILES string of the molecule is CC(NC(=O)CCc1cccc(Br)c1)c1ccc2c(c1)OCO2. The van der Waals surface area contributed by atoms with Gasteiger partial charge in [-0.15, -0.1) is 0 Å². The molecule has 2 aromatic rings. The number of hydrogen-bond acceptors (Lipinski definition) is 3. The molecule has 0 aliphatic carbocycles. The topological polar surface area (TPSA) is 47.6 Å². The van der Waals surface area contributed by atoms with Crippen LogP contribution in [0, 0.1) is 0 Å². The van der Waals surface area contributed by atoms with Gasteiger partial charge < -0.3 is 14.8 Å². The van der Waals surface area contributed by atoms with Crippen LogP contribution in [-0.2, 0) is 11.2 Å². The maximum atomic E-state index is 12.1. The lowest BCUT2D eigenvalue weighted by Crippen LogP contribution is -2.26. The number of halogens is 1. The van der Waals surface area contributed by atoms with Crippen molar-refractivity contribution < 1.29 is 14.3 Å². The van der Waals surface area contributed by atoms with Gasteiger partial charge in [-0.2, -0.15) is 0 Å². The van der Waals surface area contributed by atoms with Gasteiger partial charge in [-0.05, 0) is 48.7 Å². The molecule has 0 saturated heterocycles. The number of benzene rings is 2. The predicted molar refractivity (Wildman–Crippen MR) is 91.6 cm³/mol. The molecule has 4 nitrogen and oxygen atoms in total. The molecule has 0 fully saturated rings.